The average Bonchev–Trinajstić information content (AvgIpc) is 3.19. The molecule has 1 aromatic heterocycles. The van der Waals surface area contributed by atoms with Crippen LogP contribution >= 0.6 is 0 Å². The van der Waals surface area contributed by atoms with E-state index in [1.54, 1.807) is 6.92 Å². The second-order valence-electron chi connectivity index (χ2n) is 6.92. The first-order valence-corrected chi connectivity index (χ1v) is 8.19. The Bertz CT molecular complexity index is 559. The third kappa shape index (κ3) is 3.29. The van der Waals surface area contributed by atoms with Crippen molar-refractivity contribution in [1.29, 1.82) is 0 Å². The van der Waals surface area contributed by atoms with E-state index in [1.807, 2.05) is 0 Å². The number of piperidine rings is 1. The number of aromatic nitrogens is 1. The van der Waals surface area contributed by atoms with Crippen LogP contribution in [0, 0.1) is 11.8 Å². The van der Waals surface area contributed by atoms with Gasteiger partial charge in [-0.15, -0.1) is 0 Å². The van der Waals surface area contributed by atoms with E-state index in [1.165, 1.54) is 25.7 Å². The molecular formula is C18H28N2O. The largest absolute Gasteiger partial charge is 0.354 e. The number of ketones is 1. The Morgan fingerprint density at radius 1 is 1.48 bits per heavy atom. The number of nitrogens with zero attached hydrogens (tertiary/aromatic N) is 1. The van der Waals surface area contributed by atoms with Crippen LogP contribution in [0.4, 0.5) is 0 Å². The van der Waals surface area contributed by atoms with Crippen LogP contribution in [-0.2, 0) is 6.54 Å². The van der Waals surface area contributed by atoms with E-state index in [2.05, 4.69) is 29.5 Å². The quantitative estimate of drug-likeness (QED) is 0.827. The molecule has 1 aromatic rings. The minimum Gasteiger partial charge on any atom is -0.354 e. The molecule has 2 aliphatic rings. The van der Waals surface area contributed by atoms with Crippen LogP contribution in [0.1, 0.15) is 62.7 Å². The van der Waals surface area contributed by atoms with E-state index in [0.717, 1.165) is 48.1 Å². The molecule has 116 valence electrons. The van der Waals surface area contributed by atoms with E-state index in [0.29, 0.717) is 5.92 Å². The molecule has 0 spiro atoms. The van der Waals surface area contributed by atoms with Crippen LogP contribution in [0.3, 0.4) is 0 Å². The first-order chi connectivity index (χ1) is 10.0. The van der Waals surface area contributed by atoms with Crippen molar-refractivity contribution in [2.24, 2.45) is 11.8 Å². The second-order valence-corrected chi connectivity index (χ2v) is 6.92. The van der Waals surface area contributed by atoms with E-state index in [9.17, 15) is 4.79 Å². The molecule has 1 aliphatic carbocycles. The molecule has 1 aliphatic heterocycles. The van der Waals surface area contributed by atoms with Crippen molar-refractivity contribution in [1.82, 2.24) is 9.88 Å². The van der Waals surface area contributed by atoms with Crippen LogP contribution < -0.4 is 0 Å². The minimum absolute atomic E-state index is 0. The average molecular weight is 288 g/mol. The summed E-state index contributed by atoms with van der Waals surface area (Å²) >= 11 is 0. The summed E-state index contributed by atoms with van der Waals surface area (Å²) in [6, 6.07) is 2.16. The SMILES string of the molecule is C=C(c1cc(CN2CCC[C@H](C)C2)[nH]c1C(C)=O)C1CC1.[HH]. The molecule has 1 N–H and O–H groups in total. The van der Waals surface area contributed by atoms with Crippen molar-refractivity contribution in [3.05, 3.63) is 29.6 Å². The molecule has 21 heavy (non-hydrogen) atoms. The topological polar surface area (TPSA) is 36.1 Å². The lowest BCUT2D eigenvalue weighted by Gasteiger charge is -2.30. The lowest BCUT2D eigenvalue weighted by Crippen LogP contribution is -2.33. The summed E-state index contributed by atoms with van der Waals surface area (Å²) < 4.78 is 0. The predicted molar refractivity (Wildman–Crippen MR) is 88.3 cm³/mol. The number of aromatic amines is 1. The Morgan fingerprint density at radius 3 is 2.86 bits per heavy atom. The number of H-pyrrole nitrogens is 1. The fourth-order valence-electron chi connectivity index (χ4n) is 3.45. The van der Waals surface area contributed by atoms with E-state index < -0.39 is 0 Å². The van der Waals surface area contributed by atoms with Crippen molar-refractivity contribution in [2.45, 2.75) is 46.1 Å². The van der Waals surface area contributed by atoms with Crippen molar-refractivity contribution >= 4 is 11.4 Å². The van der Waals surface area contributed by atoms with Gasteiger partial charge in [-0.3, -0.25) is 9.69 Å². The Balaban J connectivity index is 0.00000176. The van der Waals surface area contributed by atoms with Gasteiger partial charge >= 0.3 is 0 Å². The van der Waals surface area contributed by atoms with Gasteiger partial charge in [-0.2, -0.15) is 0 Å². The molecule has 2 fully saturated rings. The Hall–Kier alpha value is -1.35. The van der Waals surface area contributed by atoms with Gasteiger partial charge in [-0.1, -0.05) is 13.5 Å². The number of hydrogen-bond donors (Lipinski definition) is 1. The molecule has 0 bridgehead atoms. The number of carbonyl (C=O) groups is 1. The van der Waals surface area contributed by atoms with Crippen LogP contribution in [0.5, 0.6) is 0 Å². The maximum Gasteiger partial charge on any atom is 0.176 e. The summed E-state index contributed by atoms with van der Waals surface area (Å²) in [5, 5.41) is 0. The molecule has 0 aromatic carbocycles. The predicted octanol–water partition coefficient (Wildman–Crippen LogP) is 4.12. The Kier molecular flexibility index (Phi) is 4.03. The number of likely N-dealkylation sites (tertiary alicyclic amines) is 1. The molecule has 3 nitrogen and oxygen atoms in total. The summed E-state index contributed by atoms with van der Waals surface area (Å²) in [4.78, 5) is 17.7. The van der Waals surface area contributed by atoms with Gasteiger partial charge in [0.2, 0.25) is 0 Å². The van der Waals surface area contributed by atoms with Crippen LogP contribution in [0.25, 0.3) is 5.57 Å². The van der Waals surface area contributed by atoms with Crippen molar-refractivity contribution < 1.29 is 6.22 Å². The standard InChI is InChI=1S/C18H26N2O.H2/c1-12-5-4-8-20(10-12)11-16-9-17(13(2)15-6-7-15)18(19-16)14(3)21;/h9,12,15,19H,2,4-8,10-11H2,1,3H3;1H/t12-;/m0./s1. The van der Waals surface area contributed by atoms with Gasteiger partial charge in [-0.05, 0) is 55.7 Å². The maximum absolute atomic E-state index is 11.9. The first kappa shape index (κ1) is 14.6. The van der Waals surface area contributed by atoms with E-state index in [-0.39, 0.29) is 7.21 Å². The van der Waals surface area contributed by atoms with Gasteiger partial charge in [-0.25, -0.2) is 0 Å². The van der Waals surface area contributed by atoms with E-state index >= 15 is 0 Å². The van der Waals surface area contributed by atoms with Crippen LogP contribution in [0.2, 0.25) is 0 Å². The third-order valence-corrected chi connectivity index (χ3v) is 4.78. The molecule has 0 unspecified atom stereocenters. The number of Topliss-reactive ketones (excluding diaryl/α,β-unsaturated/α-hetero) is 1. The van der Waals surface area contributed by atoms with Gasteiger partial charge < -0.3 is 4.98 Å². The van der Waals surface area contributed by atoms with Gasteiger partial charge in [0, 0.05) is 32.7 Å². The fraction of sp³-hybridized carbons (Fsp3) is 0.611. The van der Waals surface area contributed by atoms with Crippen molar-refractivity contribution in [2.75, 3.05) is 13.1 Å². The molecule has 3 rings (SSSR count). The molecule has 1 saturated carbocycles. The number of nitrogens with one attached hydrogen (secondary N) is 1. The van der Waals surface area contributed by atoms with Gasteiger partial charge in [0.05, 0.1) is 5.69 Å². The Labute approximate surface area is 128 Å². The molecular weight excluding hydrogens is 260 g/mol. The highest BCUT2D eigenvalue weighted by molar-refractivity contribution is 5.97. The lowest BCUT2D eigenvalue weighted by molar-refractivity contribution is 0.101. The highest BCUT2D eigenvalue weighted by atomic mass is 16.1. The highest BCUT2D eigenvalue weighted by Crippen LogP contribution is 2.42. The molecule has 0 radical (unpaired) electrons. The molecule has 0 amide bonds. The smallest absolute Gasteiger partial charge is 0.176 e. The lowest BCUT2D eigenvalue weighted by atomic mass is 10.00. The third-order valence-electron chi connectivity index (χ3n) is 4.78. The van der Waals surface area contributed by atoms with Crippen molar-refractivity contribution in [3.8, 4) is 0 Å². The monoisotopic (exact) mass is 288 g/mol. The zero-order valence-electron chi connectivity index (χ0n) is 13.2. The van der Waals surface area contributed by atoms with Gasteiger partial charge in [0.15, 0.2) is 5.78 Å². The zero-order valence-corrected chi connectivity index (χ0v) is 13.2. The summed E-state index contributed by atoms with van der Waals surface area (Å²) in [6.07, 6.45) is 5.06. The molecule has 1 saturated heterocycles. The Morgan fingerprint density at radius 2 is 2.24 bits per heavy atom. The molecule has 1 atom stereocenters. The number of rotatable bonds is 5. The van der Waals surface area contributed by atoms with E-state index in [4.69, 9.17) is 0 Å². The van der Waals surface area contributed by atoms with Gasteiger partial charge in [0.1, 0.15) is 0 Å². The second kappa shape index (κ2) is 5.80. The fourth-order valence-corrected chi connectivity index (χ4v) is 3.45. The molecule has 3 heteroatoms. The normalized spacial score (nSPS) is 23.2. The summed E-state index contributed by atoms with van der Waals surface area (Å²) in [5.74, 6) is 1.49. The summed E-state index contributed by atoms with van der Waals surface area (Å²) in [5.41, 5.74) is 4.12. The minimum atomic E-state index is 0. The summed E-state index contributed by atoms with van der Waals surface area (Å²) in [6.45, 7) is 11.4. The number of allylic oxidation sites excluding steroid dienone is 1. The van der Waals surface area contributed by atoms with Crippen molar-refractivity contribution in [3.63, 3.8) is 0 Å². The number of hydrogen-bond acceptors (Lipinski definition) is 2. The molecule has 2 heterocycles. The maximum atomic E-state index is 11.9. The first-order valence-electron chi connectivity index (χ1n) is 8.19. The number of carbonyl (C=O) groups excluding carboxylic acids is 1. The van der Waals surface area contributed by atoms with Gasteiger partial charge in [0.25, 0.3) is 0 Å². The highest BCUT2D eigenvalue weighted by Gasteiger charge is 2.28. The zero-order chi connectivity index (χ0) is 15.0. The van der Waals surface area contributed by atoms with Crippen LogP contribution in [0.15, 0.2) is 12.6 Å². The summed E-state index contributed by atoms with van der Waals surface area (Å²) in [7, 11) is 0. The van der Waals surface area contributed by atoms with Crippen LogP contribution in [-0.4, -0.2) is 28.8 Å².